The van der Waals surface area contributed by atoms with E-state index in [0.717, 1.165) is 31.1 Å². The van der Waals surface area contributed by atoms with E-state index in [2.05, 4.69) is 11.9 Å². The van der Waals surface area contributed by atoms with E-state index >= 15 is 0 Å². The van der Waals surface area contributed by atoms with Crippen molar-refractivity contribution in [3.05, 3.63) is 12.2 Å². The largest absolute Gasteiger partial charge is 0.317 e. The van der Waals surface area contributed by atoms with Crippen molar-refractivity contribution in [3.8, 4) is 0 Å². The average molecular weight is 153 g/mol. The minimum atomic E-state index is 0.125. The molecule has 0 spiro atoms. The van der Waals surface area contributed by atoms with Crippen molar-refractivity contribution in [1.82, 2.24) is 5.32 Å². The van der Waals surface area contributed by atoms with Crippen LogP contribution in [0.3, 0.4) is 0 Å². The summed E-state index contributed by atoms with van der Waals surface area (Å²) in [4.78, 5) is 10.5. The minimum absolute atomic E-state index is 0.125. The molecule has 1 N–H and O–H groups in total. The van der Waals surface area contributed by atoms with Crippen LogP contribution in [0.4, 0.5) is 0 Å². The lowest BCUT2D eigenvalue weighted by Crippen LogP contribution is -2.31. The van der Waals surface area contributed by atoms with Gasteiger partial charge in [0.25, 0.3) is 0 Å². The van der Waals surface area contributed by atoms with Crippen LogP contribution in [0.15, 0.2) is 12.2 Å². The molecule has 0 aliphatic heterocycles. The number of carbonyl (C=O) groups excluding carboxylic acids is 1. The molecule has 1 fully saturated rings. The van der Waals surface area contributed by atoms with Gasteiger partial charge in [0.15, 0.2) is 0 Å². The van der Waals surface area contributed by atoms with Gasteiger partial charge in [-0.3, -0.25) is 0 Å². The van der Waals surface area contributed by atoms with Gasteiger partial charge in [0.05, 0.1) is 0 Å². The molecular weight excluding hydrogens is 138 g/mol. The van der Waals surface area contributed by atoms with E-state index < -0.39 is 0 Å². The maximum Gasteiger partial charge on any atom is 0.127 e. The van der Waals surface area contributed by atoms with Gasteiger partial charge < -0.3 is 10.1 Å². The second-order valence-electron chi connectivity index (χ2n) is 3.17. The zero-order valence-corrected chi connectivity index (χ0v) is 6.97. The molecule has 11 heavy (non-hydrogen) atoms. The summed E-state index contributed by atoms with van der Waals surface area (Å²) in [5, 5.41) is 3.20. The van der Waals surface area contributed by atoms with E-state index in [0.29, 0.717) is 6.04 Å². The molecule has 1 aliphatic carbocycles. The molecule has 2 atom stereocenters. The van der Waals surface area contributed by atoms with Crippen LogP contribution in [0, 0.1) is 5.92 Å². The first kappa shape index (κ1) is 8.47. The first-order valence-electron chi connectivity index (χ1n) is 4.08. The maximum atomic E-state index is 10.5. The molecule has 1 saturated carbocycles. The van der Waals surface area contributed by atoms with Crippen molar-refractivity contribution in [1.29, 1.82) is 0 Å². The van der Waals surface area contributed by atoms with Gasteiger partial charge in [0, 0.05) is 12.0 Å². The van der Waals surface area contributed by atoms with E-state index in [-0.39, 0.29) is 5.92 Å². The fourth-order valence-electron chi connectivity index (χ4n) is 1.57. The highest BCUT2D eigenvalue weighted by Gasteiger charge is 2.22. The third kappa shape index (κ3) is 1.90. The van der Waals surface area contributed by atoms with E-state index in [4.69, 9.17) is 0 Å². The summed E-state index contributed by atoms with van der Waals surface area (Å²) in [7, 11) is 1.96. The quantitative estimate of drug-likeness (QED) is 0.476. The minimum Gasteiger partial charge on any atom is -0.317 e. The lowest BCUT2D eigenvalue weighted by molar-refractivity contribution is -0.110. The molecule has 0 heterocycles. The van der Waals surface area contributed by atoms with Gasteiger partial charge in [-0.2, -0.15) is 0 Å². The Labute approximate surface area is 67.7 Å². The van der Waals surface area contributed by atoms with E-state index in [9.17, 15) is 4.79 Å². The summed E-state index contributed by atoms with van der Waals surface area (Å²) >= 11 is 0. The topological polar surface area (TPSA) is 29.1 Å². The van der Waals surface area contributed by atoms with E-state index in [1.165, 1.54) is 0 Å². The Balaban J connectivity index is 2.47. The lowest BCUT2D eigenvalue weighted by atomic mass is 9.83. The fourth-order valence-corrected chi connectivity index (χ4v) is 1.57. The normalized spacial score (nSPS) is 31.9. The van der Waals surface area contributed by atoms with Crippen molar-refractivity contribution < 1.29 is 4.79 Å². The fraction of sp³-hybridized carbons (Fsp3) is 0.667. The van der Waals surface area contributed by atoms with Crippen LogP contribution >= 0.6 is 0 Å². The number of hydrogen-bond donors (Lipinski definition) is 1. The average Bonchev–Trinajstić information content (AvgIpc) is 2.04. The predicted molar refractivity (Wildman–Crippen MR) is 45.4 cm³/mol. The van der Waals surface area contributed by atoms with Crippen LogP contribution in [0.1, 0.15) is 19.3 Å². The van der Waals surface area contributed by atoms with E-state index in [1.807, 2.05) is 7.05 Å². The molecule has 1 aliphatic rings. The van der Waals surface area contributed by atoms with Gasteiger partial charge in [-0.25, -0.2) is 0 Å². The van der Waals surface area contributed by atoms with Crippen LogP contribution in [0.2, 0.25) is 0 Å². The number of nitrogens with one attached hydrogen (secondary N) is 1. The van der Waals surface area contributed by atoms with Crippen LogP contribution in [-0.4, -0.2) is 19.4 Å². The molecule has 0 amide bonds. The summed E-state index contributed by atoms with van der Waals surface area (Å²) in [6.07, 6.45) is 4.04. The molecule has 2 nitrogen and oxygen atoms in total. The van der Waals surface area contributed by atoms with Gasteiger partial charge in [0.1, 0.15) is 6.29 Å². The SMILES string of the molecule is C=C1CC(NC)CC[C@H]1C=O. The molecule has 2 heteroatoms. The second-order valence-corrected chi connectivity index (χ2v) is 3.17. The third-order valence-electron chi connectivity index (χ3n) is 2.43. The standard InChI is InChI=1S/C9H15NO/c1-7-5-9(10-2)4-3-8(7)6-11/h6,8-10H,1,3-5H2,2H3/t8-,9?/m0/s1. The second kappa shape index (κ2) is 3.67. The Kier molecular flexibility index (Phi) is 2.83. The highest BCUT2D eigenvalue weighted by atomic mass is 16.1. The zero-order chi connectivity index (χ0) is 8.27. The van der Waals surface area contributed by atoms with Crippen molar-refractivity contribution >= 4 is 6.29 Å². The van der Waals surface area contributed by atoms with Gasteiger partial charge in [0.2, 0.25) is 0 Å². The highest BCUT2D eigenvalue weighted by molar-refractivity contribution is 5.58. The van der Waals surface area contributed by atoms with Gasteiger partial charge in [-0.05, 0) is 26.3 Å². The Morgan fingerprint density at radius 3 is 2.82 bits per heavy atom. The Morgan fingerprint density at radius 1 is 1.64 bits per heavy atom. The molecule has 62 valence electrons. The molecule has 0 aromatic carbocycles. The first-order valence-corrected chi connectivity index (χ1v) is 4.08. The summed E-state index contributed by atoms with van der Waals surface area (Å²) in [6.45, 7) is 3.89. The first-order chi connectivity index (χ1) is 5.27. The molecule has 0 saturated heterocycles. The van der Waals surface area contributed by atoms with Crippen LogP contribution < -0.4 is 5.32 Å². The predicted octanol–water partition coefficient (Wildman–Crippen LogP) is 1.13. The molecule has 0 bridgehead atoms. The Bertz CT molecular complexity index is 165. The summed E-state index contributed by atoms with van der Waals surface area (Å²) in [5.74, 6) is 0.125. The van der Waals surface area contributed by atoms with Gasteiger partial charge >= 0.3 is 0 Å². The molecule has 0 aromatic heterocycles. The number of rotatable bonds is 2. The van der Waals surface area contributed by atoms with Gasteiger partial charge in [-0.15, -0.1) is 0 Å². The van der Waals surface area contributed by atoms with Crippen LogP contribution in [-0.2, 0) is 4.79 Å². The lowest BCUT2D eigenvalue weighted by Gasteiger charge is -2.27. The summed E-state index contributed by atoms with van der Waals surface area (Å²) < 4.78 is 0. The van der Waals surface area contributed by atoms with E-state index in [1.54, 1.807) is 0 Å². The Hall–Kier alpha value is -0.630. The molecule has 0 radical (unpaired) electrons. The molecular formula is C9H15NO. The number of hydrogen-bond acceptors (Lipinski definition) is 2. The van der Waals surface area contributed by atoms with Crippen molar-refractivity contribution in [2.75, 3.05) is 7.05 Å². The highest BCUT2D eigenvalue weighted by Crippen LogP contribution is 2.26. The summed E-state index contributed by atoms with van der Waals surface area (Å²) in [6, 6.07) is 0.540. The monoisotopic (exact) mass is 153 g/mol. The molecule has 1 unspecified atom stereocenters. The smallest absolute Gasteiger partial charge is 0.127 e. The third-order valence-corrected chi connectivity index (χ3v) is 2.43. The molecule has 1 rings (SSSR count). The van der Waals surface area contributed by atoms with Crippen LogP contribution in [0.25, 0.3) is 0 Å². The van der Waals surface area contributed by atoms with Crippen molar-refractivity contribution in [2.45, 2.75) is 25.3 Å². The van der Waals surface area contributed by atoms with Crippen LogP contribution in [0.5, 0.6) is 0 Å². The summed E-state index contributed by atoms with van der Waals surface area (Å²) in [5.41, 5.74) is 1.09. The Morgan fingerprint density at radius 2 is 2.36 bits per heavy atom. The number of carbonyl (C=O) groups is 1. The van der Waals surface area contributed by atoms with Gasteiger partial charge in [-0.1, -0.05) is 12.2 Å². The molecule has 0 aromatic rings. The number of aldehydes is 1. The van der Waals surface area contributed by atoms with Crippen molar-refractivity contribution in [2.24, 2.45) is 5.92 Å². The maximum absolute atomic E-state index is 10.5. The van der Waals surface area contributed by atoms with Crippen molar-refractivity contribution in [3.63, 3.8) is 0 Å². The zero-order valence-electron chi connectivity index (χ0n) is 6.97.